The summed E-state index contributed by atoms with van der Waals surface area (Å²) < 4.78 is 9.22. The van der Waals surface area contributed by atoms with Gasteiger partial charge in [-0.25, -0.2) is 4.79 Å². The minimum atomic E-state index is -0.823. The Labute approximate surface area is 103 Å². The largest absolute Gasteiger partial charge is 0.508 e. The van der Waals surface area contributed by atoms with Gasteiger partial charge in [-0.2, -0.15) is 0 Å². The summed E-state index contributed by atoms with van der Waals surface area (Å²) in [5, 5.41) is -0.826. The zero-order valence-electron chi connectivity index (χ0n) is 7.22. The van der Waals surface area contributed by atoms with Crippen molar-refractivity contribution in [3.05, 3.63) is 0 Å². The lowest BCUT2D eigenvalue weighted by Crippen LogP contribution is -2.20. The third-order valence-electron chi connectivity index (χ3n) is 1.10. The van der Waals surface area contributed by atoms with Crippen molar-refractivity contribution in [1.82, 2.24) is 0 Å². The maximum atomic E-state index is 10.8. The molecule has 0 heterocycles. The van der Waals surface area contributed by atoms with Crippen molar-refractivity contribution in [1.29, 1.82) is 0 Å². The molecule has 2 atom stereocenters. The van der Waals surface area contributed by atoms with Gasteiger partial charge in [0.05, 0.1) is 10.8 Å². The lowest BCUT2D eigenvalue weighted by atomic mass is 10.5. The van der Waals surface area contributed by atoms with Crippen molar-refractivity contribution in [3.8, 4) is 0 Å². The van der Waals surface area contributed by atoms with E-state index < -0.39 is 16.9 Å². The van der Waals surface area contributed by atoms with Gasteiger partial charge in [0, 0.05) is 11.8 Å². The van der Waals surface area contributed by atoms with E-state index in [9.17, 15) is 4.79 Å². The summed E-state index contributed by atoms with van der Waals surface area (Å²) in [6.45, 7) is 0.0232. The molecule has 0 fully saturated rings. The highest BCUT2D eigenvalue weighted by Crippen LogP contribution is 2.02. The quantitative estimate of drug-likeness (QED) is 0.555. The normalized spacial score (nSPS) is 14.6. The van der Waals surface area contributed by atoms with E-state index in [1.807, 2.05) is 0 Å². The van der Waals surface area contributed by atoms with Gasteiger partial charge < -0.3 is 9.47 Å². The van der Waals surface area contributed by atoms with Crippen LogP contribution in [0.2, 0.25) is 0 Å². The average Bonchev–Trinajstić information content (AvgIpc) is 2.22. The molecule has 7 heteroatoms. The molecule has 0 aromatic heterocycles. The Morgan fingerprint density at radius 2 is 1.36 bits per heavy atom. The number of alkyl halides is 4. The Morgan fingerprint density at radius 3 is 1.64 bits per heavy atom. The molecule has 84 valence electrons. The molecule has 0 aliphatic carbocycles. The minimum absolute atomic E-state index is 0.0116. The van der Waals surface area contributed by atoms with Crippen molar-refractivity contribution < 1.29 is 14.3 Å². The van der Waals surface area contributed by atoms with Crippen LogP contribution in [0.15, 0.2) is 0 Å². The van der Waals surface area contributed by atoms with Crippen molar-refractivity contribution in [2.24, 2.45) is 0 Å². The molecule has 0 N–H and O–H groups in total. The summed E-state index contributed by atoms with van der Waals surface area (Å²) in [5.41, 5.74) is 0. The number of rotatable bonds is 6. The fourth-order valence-electron chi connectivity index (χ4n) is 0.448. The highest BCUT2D eigenvalue weighted by Gasteiger charge is 2.11. The Hall–Kier alpha value is 0.430. The number of carbonyl (C=O) groups is 1. The lowest BCUT2D eigenvalue weighted by molar-refractivity contribution is 0.0569. The van der Waals surface area contributed by atoms with Gasteiger partial charge in [0.25, 0.3) is 0 Å². The van der Waals surface area contributed by atoms with E-state index in [2.05, 4.69) is 9.47 Å². The summed E-state index contributed by atoms with van der Waals surface area (Å²) in [4.78, 5) is 10.8. The van der Waals surface area contributed by atoms with E-state index >= 15 is 0 Å². The Balaban J connectivity index is 3.46. The third-order valence-corrected chi connectivity index (χ3v) is 2.72. The van der Waals surface area contributed by atoms with Gasteiger partial charge in [-0.05, 0) is 0 Å². The van der Waals surface area contributed by atoms with Gasteiger partial charge in [-0.1, -0.05) is 0 Å². The standard InChI is InChI=1S/C7H10Cl4O3/c8-1-5(10)3-13-7(12)14-4-6(11)2-9/h5-6H,1-4H2. The number of carbonyl (C=O) groups excluding carboxylic acids is 1. The topological polar surface area (TPSA) is 35.5 Å². The van der Waals surface area contributed by atoms with Crippen LogP contribution < -0.4 is 0 Å². The van der Waals surface area contributed by atoms with Gasteiger partial charge in [0.2, 0.25) is 0 Å². The third kappa shape index (κ3) is 7.80. The summed E-state index contributed by atoms with van der Waals surface area (Å²) >= 11 is 21.9. The predicted octanol–water partition coefficient (Wildman–Crippen LogP) is 2.83. The van der Waals surface area contributed by atoms with Gasteiger partial charge in [-0.3, -0.25) is 0 Å². The summed E-state index contributed by atoms with van der Waals surface area (Å²) in [6, 6.07) is 0. The molecule has 0 aromatic rings. The fraction of sp³-hybridized carbons (Fsp3) is 0.857. The highest BCUT2D eigenvalue weighted by molar-refractivity contribution is 6.28. The molecular weight excluding hydrogens is 274 g/mol. The van der Waals surface area contributed by atoms with E-state index in [0.717, 1.165) is 0 Å². The average molecular weight is 284 g/mol. The number of hydrogen-bond acceptors (Lipinski definition) is 3. The second-order valence-electron chi connectivity index (χ2n) is 2.38. The molecule has 0 saturated carbocycles. The van der Waals surface area contributed by atoms with Crippen LogP contribution in [-0.2, 0) is 9.47 Å². The van der Waals surface area contributed by atoms with Crippen molar-refractivity contribution in [2.45, 2.75) is 10.8 Å². The molecular formula is C7H10Cl4O3. The summed E-state index contributed by atoms with van der Waals surface area (Å²) in [6.07, 6.45) is -0.823. The van der Waals surface area contributed by atoms with Crippen LogP contribution in [0.25, 0.3) is 0 Å². The molecule has 0 rings (SSSR count). The van der Waals surface area contributed by atoms with Crippen LogP contribution in [0, 0.1) is 0 Å². The van der Waals surface area contributed by atoms with Gasteiger partial charge in [0.1, 0.15) is 13.2 Å². The number of hydrogen-bond donors (Lipinski definition) is 0. The van der Waals surface area contributed by atoms with E-state index in [0.29, 0.717) is 0 Å². The molecule has 0 spiro atoms. The van der Waals surface area contributed by atoms with Crippen molar-refractivity contribution in [2.75, 3.05) is 25.0 Å². The zero-order valence-corrected chi connectivity index (χ0v) is 10.2. The molecule has 0 bridgehead atoms. The van der Waals surface area contributed by atoms with Gasteiger partial charge >= 0.3 is 6.16 Å². The van der Waals surface area contributed by atoms with Crippen LogP contribution >= 0.6 is 46.4 Å². The van der Waals surface area contributed by atoms with Crippen LogP contribution in [-0.4, -0.2) is 41.9 Å². The lowest BCUT2D eigenvalue weighted by Gasteiger charge is -2.09. The first kappa shape index (κ1) is 14.4. The van der Waals surface area contributed by atoms with E-state index in [1.165, 1.54) is 0 Å². The van der Waals surface area contributed by atoms with Crippen LogP contribution in [0.1, 0.15) is 0 Å². The van der Waals surface area contributed by atoms with E-state index in [1.54, 1.807) is 0 Å². The highest BCUT2D eigenvalue weighted by atomic mass is 35.5. The van der Waals surface area contributed by atoms with E-state index in [4.69, 9.17) is 46.4 Å². The van der Waals surface area contributed by atoms with Gasteiger partial charge in [0.15, 0.2) is 0 Å². The first-order valence-corrected chi connectivity index (χ1v) is 5.74. The zero-order chi connectivity index (χ0) is 11.0. The predicted molar refractivity (Wildman–Crippen MR) is 58.0 cm³/mol. The molecule has 14 heavy (non-hydrogen) atoms. The summed E-state index contributed by atoms with van der Waals surface area (Å²) in [5.74, 6) is 0.406. The molecule has 2 unspecified atom stereocenters. The van der Waals surface area contributed by atoms with Crippen LogP contribution in [0.4, 0.5) is 4.79 Å². The Kier molecular flexibility index (Phi) is 8.98. The molecule has 0 aromatic carbocycles. The second-order valence-corrected chi connectivity index (χ2v) is 4.23. The SMILES string of the molecule is O=C(OCC(Cl)CCl)OCC(Cl)CCl. The number of halogens is 4. The van der Waals surface area contributed by atoms with Gasteiger partial charge in [-0.15, -0.1) is 46.4 Å². The van der Waals surface area contributed by atoms with E-state index in [-0.39, 0.29) is 25.0 Å². The fourth-order valence-corrected chi connectivity index (χ4v) is 0.752. The minimum Gasteiger partial charge on any atom is -0.433 e. The maximum Gasteiger partial charge on any atom is 0.508 e. The second kappa shape index (κ2) is 8.72. The van der Waals surface area contributed by atoms with Crippen molar-refractivity contribution in [3.63, 3.8) is 0 Å². The number of ether oxygens (including phenoxy) is 2. The maximum absolute atomic E-state index is 10.8. The molecule has 0 saturated heterocycles. The Morgan fingerprint density at radius 1 is 1.00 bits per heavy atom. The summed E-state index contributed by atoms with van der Waals surface area (Å²) in [7, 11) is 0. The molecule has 0 amide bonds. The first-order valence-electron chi connectivity index (χ1n) is 3.79. The molecule has 0 aliphatic heterocycles. The Bertz CT molecular complexity index is 151. The van der Waals surface area contributed by atoms with Crippen LogP contribution in [0.3, 0.4) is 0 Å². The first-order chi connectivity index (χ1) is 6.60. The smallest absolute Gasteiger partial charge is 0.433 e. The molecule has 3 nitrogen and oxygen atoms in total. The molecule has 0 aliphatic rings. The molecule has 0 radical (unpaired) electrons. The van der Waals surface area contributed by atoms with Crippen molar-refractivity contribution >= 4 is 52.6 Å². The van der Waals surface area contributed by atoms with Crippen LogP contribution in [0.5, 0.6) is 0 Å². The monoisotopic (exact) mass is 282 g/mol.